The normalized spacial score (nSPS) is 34.8. The molecule has 21 heavy (non-hydrogen) atoms. The lowest BCUT2D eigenvalue weighted by molar-refractivity contribution is -0.148. The molecule has 0 aromatic carbocycles. The molecule has 4 nitrogen and oxygen atoms in total. The van der Waals surface area contributed by atoms with Crippen molar-refractivity contribution < 1.29 is 19.7 Å². The van der Waals surface area contributed by atoms with Gasteiger partial charge in [0.25, 0.3) is 0 Å². The first-order valence-corrected chi connectivity index (χ1v) is 8.10. The highest BCUT2D eigenvalue weighted by atomic mass is 35.5. The van der Waals surface area contributed by atoms with Crippen molar-refractivity contribution in [1.82, 2.24) is 0 Å². The molecule has 0 fully saturated rings. The van der Waals surface area contributed by atoms with E-state index in [4.69, 9.17) is 16.3 Å². The molecule has 0 saturated heterocycles. The number of alkyl halides is 1. The summed E-state index contributed by atoms with van der Waals surface area (Å²) < 4.78 is 5.58. The minimum atomic E-state index is -0.962. The van der Waals surface area contributed by atoms with Crippen LogP contribution in [0.3, 0.4) is 0 Å². The molecule has 5 heteroatoms. The first-order chi connectivity index (χ1) is 9.75. The number of ether oxygens (including phenoxy) is 1. The lowest BCUT2D eigenvalue weighted by Gasteiger charge is -2.37. The van der Waals surface area contributed by atoms with Gasteiger partial charge < -0.3 is 14.9 Å². The Morgan fingerprint density at radius 3 is 2.71 bits per heavy atom. The summed E-state index contributed by atoms with van der Waals surface area (Å²) in [6.07, 6.45) is 2.17. The third kappa shape index (κ3) is 2.99. The summed E-state index contributed by atoms with van der Waals surface area (Å²) in [5.41, 5.74) is 0.790. The fourth-order valence-electron chi connectivity index (χ4n) is 3.83. The standard InChI is InChI=1S/C16H25ClO4/c1-10-4-5-16(20,6-7-18)11-8-15(2,3)14(13(10)11)21-12(19)9-17/h10,14,18,20H,4-9H2,1-3H3/t10-,14-,16+/m1/s1. The highest BCUT2D eigenvalue weighted by Gasteiger charge is 2.52. The number of aliphatic hydroxyl groups excluding tert-OH is 1. The van der Waals surface area contributed by atoms with E-state index in [0.717, 1.165) is 17.6 Å². The molecular weight excluding hydrogens is 292 g/mol. The summed E-state index contributed by atoms with van der Waals surface area (Å²) in [7, 11) is 0. The predicted octanol–water partition coefficient (Wildman–Crippen LogP) is 2.41. The Morgan fingerprint density at radius 1 is 1.48 bits per heavy atom. The van der Waals surface area contributed by atoms with Crippen molar-refractivity contribution in [3.63, 3.8) is 0 Å². The van der Waals surface area contributed by atoms with Crippen LogP contribution in [0.5, 0.6) is 0 Å². The Kier molecular flexibility index (Phi) is 4.72. The number of aliphatic hydroxyl groups is 2. The number of esters is 1. The number of carbonyl (C=O) groups is 1. The maximum Gasteiger partial charge on any atom is 0.321 e. The lowest BCUT2D eigenvalue weighted by Crippen LogP contribution is -2.38. The van der Waals surface area contributed by atoms with Crippen molar-refractivity contribution in [3.05, 3.63) is 11.1 Å². The summed E-state index contributed by atoms with van der Waals surface area (Å²) in [6.45, 7) is 6.15. The van der Waals surface area contributed by atoms with Crippen LogP contribution in [0.25, 0.3) is 0 Å². The Hall–Kier alpha value is -0.580. The number of hydrogen-bond donors (Lipinski definition) is 2. The quantitative estimate of drug-likeness (QED) is 0.475. The zero-order valence-corrected chi connectivity index (χ0v) is 13.7. The predicted molar refractivity (Wildman–Crippen MR) is 81.1 cm³/mol. The van der Waals surface area contributed by atoms with Crippen molar-refractivity contribution in [1.29, 1.82) is 0 Å². The SMILES string of the molecule is C[C@@H]1CC[C@](O)(CCO)C2=C1[C@@H](OC(=O)CCl)C(C)(C)C2. The van der Waals surface area contributed by atoms with Crippen molar-refractivity contribution in [2.24, 2.45) is 11.3 Å². The molecular formula is C16H25ClO4. The molecule has 2 rings (SSSR count). The van der Waals surface area contributed by atoms with Crippen LogP contribution in [0.4, 0.5) is 0 Å². The van der Waals surface area contributed by atoms with E-state index in [9.17, 15) is 15.0 Å². The van der Waals surface area contributed by atoms with E-state index in [1.165, 1.54) is 0 Å². The second-order valence-electron chi connectivity index (χ2n) is 7.05. The molecule has 0 unspecified atom stereocenters. The van der Waals surface area contributed by atoms with Crippen LogP contribution >= 0.6 is 11.6 Å². The Bertz CT molecular complexity index is 457. The third-order valence-corrected chi connectivity index (χ3v) is 5.16. The van der Waals surface area contributed by atoms with Gasteiger partial charge in [-0.05, 0) is 36.3 Å². The molecule has 0 bridgehead atoms. The maximum absolute atomic E-state index is 11.6. The second-order valence-corrected chi connectivity index (χ2v) is 7.31. The molecule has 0 aromatic rings. The zero-order chi connectivity index (χ0) is 15.8. The highest BCUT2D eigenvalue weighted by Crippen LogP contribution is 2.54. The number of hydrogen-bond acceptors (Lipinski definition) is 4. The monoisotopic (exact) mass is 316 g/mol. The maximum atomic E-state index is 11.6. The Balaban J connectivity index is 2.41. The molecule has 0 saturated carbocycles. The van der Waals surface area contributed by atoms with Crippen molar-refractivity contribution in [2.75, 3.05) is 12.5 Å². The van der Waals surface area contributed by atoms with Gasteiger partial charge in [0.1, 0.15) is 12.0 Å². The van der Waals surface area contributed by atoms with Crippen LogP contribution in [-0.4, -0.2) is 40.4 Å². The van der Waals surface area contributed by atoms with Gasteiger partial charge in [-0.1, -0.05) is 20.8 Å². The molecule has 3 atom stereocenters. The smallest absolute Gasteiger partial charge is 0.321 e. The topological polar surface area (TPSA) is 66.8 Å². The second kappa shape index (κ2) is 5.90. The molecule has 0 aliphatic heterocycles. The van der Waals surface area contributed by atoms with Gasteiger partial charge in [0.2, 0.25) is 0 Å². The molecule has 120 valence electrons. The van der Waals surface area contributed by atoms with E-state index in [0.29, 0.717) is 19.3 Å². The Morgan fingerprint density at radius 2 is 2.14 bits per heavy atom. The third-order valence-electron chi connectivity index (χ3n) is 4.94. The van der Waals surface area contributed by atoms with Crippen LogP contribution in [-0.2, 0) is 9.53 Å². The Labute approximate surface area is 131 Å². The van der Waals surface area contributed by atoms with Crippen LogP contribution in [0.2, 0.25) is 0 Å². The first-order valence-electron chi connectivity index (χ1n) is 7.57. The largest absolute Gasteiger partial charge is 0.456 e. The van der Waals surface area contributed by atoms with Gasteiger partial charge in [-0.25, -0.2) is 0 Å². The lowest BCUT2D eigenvalue weighted by atomic mass is 9.74. The molecule has 0 radical (unpaired) electrons. The van der Waals surface area contributed by atoms with Gasteiger partial charge in [0.05, 0.1) is 5.60 Å². The van der Waals surface area contributed by atoms with E-state index in [1.54, 1.807) is 0 Å². The average molecular weight is 317 g/mol. The number of halogens is 1. The van der Waals surface area contributed by atoms with Crippen molar-refractivity contribution >= 4 is 17.6 Å². The van der Waals surface area contributed by atoms with Crippen LogP contribution in [0.15, 0.2) is 11.1 Å². The highest BCUT2D eigenvalue weighted by molar-refractivity contribution is 6.26. The zero-order valence-electron chi connectivity index (χ0n) is 13.0. The van der Waals surface area contributed by atoms with E-state index in [1.807, 2.05) is 13.8 Å². The molecule has 0 heterocycles. The fourth-order valence-corrected chi connectivity index (χ4v) is 3.89. The molecule has 0 spiro atoms. The summed E-state index contributed by atoms with van der Waals surface area (Å²) in [5, 5.41) is 20.2. The molecule has 2 aliphatic rings. The van der Waals surface area contributed by atoms with Gasteiger partial charge >= 0.3 is 5.97 Å². The van der Waals surface area contributed by atoms with Gasteiger partial charge in [-0.15, -0.1) is 11.6 Å². The van der Waals surface area contributed by atoms with E-state index >= 15 is 0 Å². The summed E-state index contributed by atoms with van der Waals surface area (Å²) in [4.78, 5) is 11.6. The van der Waals surface area contributed by atoms with Crippen LogP contribution < -0.4 is 0 Å². The molecule has 0 aromatic heterocycles. The van der Waals surface area contributed by atoms with Gasteiger partial charge in [-0.2, -0.15) is 0 Å². The van der Waals surface area contributed by atoms with E-state index < -0.39 is 11.6 Å². The molecule has 0 amide bonds. The number of carbonyl (C=O) groups excluding carboxylic acids is 1. The minimum absolute atomic E-state index is 0.0474. The molecule has 2 N–H and O–H groups in total. The van der Waals surface area contributed by atoms with Crippen molar-refractivity contribution in [3.8, 4) is 0 Å². The minimum Gasteiger partial charge on any atom is -0.456 e. The van der Waals surface area contributed by atoms with Crippen molar-refractivity contribution in [2.45, 2.75) is 58.2 Å². The summed E-state index contributed by atoms with van der Waals surface area (Å²) in [5.74, 6) is -0.314. The van der Waals surface area contributed by atoms with Crippen LogP contribution in [0.1, 0.15) is 46.5 Å². The average Bonchev–Trinajstić information content (AvgIpc) is 2.68. The number of rotatable bonds is 4. The fraction of sp³-hybridized carbons (Fsp3) is 0.812. The molecule has 2 aliphatic carbocycles. The van der Waals surface area contributed by atoms with E-state index in [2.05, 4.69) is 6.92 Å². The van der Waals surface area contributed by atoms with Gasteiger partial charge in [0, 0.05) is 18.4 Å². The summed E-state index contributed by atoms with van der Waals surface area (Å²) >= 11 is 5.57. The summed E-state index contributed by atoms with van der Waals surface area (Å²) in [6, 6.07) is 0. The van der Waals surface area contributed by atoms with Gasteiger partial charge in [0.15, 0.2) is 0 Å². The van der Waals surface area contributed by atoms with E-state index in [-0.39, 0.29) is 29.9 Å². The van der Waals surface area contributed by atoms with Gasteiger partial charge in [-0.3, -0.25) is 4.79 Å². The van der Waals surface area contributed by atoms with Crippen LogP contribution in [0, 0.1) is 11.3 Å². The first kappa shape index (κ1) is 16.8.